The van der Waals surface area contributed by atoms with Crippen LogP contribution in [-0.2, 0) is 0 Å². The van der Waals surface area contributed by atoms with Gasteiger partial charge in [0.1, 0.15) is 0 Å². The molecule has 38 heavy (non-hydrogen) atoms. The molecule has 2 atom stereocenters. The second-order valence-corrected chi connectivity index (χ2v) is 10.6. The third-order valence-corrected chi connectivity index (χ3v) is 7.74. The molecule has 4 amide bonds. The van der Waals surface area contributed by atoms with E-state index in [1.807, 2.05) is 0 Å². The van der Waals surface area contributed by atoms with Crippen LogP contribution in [-0.4, -0.2) is 99.9 Å². The highest BCUT2D eigenvalue weighted by atomic mass is 16.2. The van der Waals surface area contributed by atoms with Gasteiger partial charge in [-0.3, -0.25) is 29.0 Å². The van der Waals surface area contributed by atoms with E-state index in [1.165, 1.54) is 19.6 Å². The number of carbonyl (C=O) groups excluding carboxylic acids is 4. The molecule has 0 fully saturated rings. The van der Waals surface area contributed by atoms with Crippen LogP contribution in [0.15, 0.2) is 24.3 Å². The monoisotopic (exact) mass is 526 g/mol. The molecule has 10 nitrogen and oxygen atoms in total. The summed E-state index contributed by atoms with van der Waals surface area (Å²) in [7, 11) is 4.21. The summed E-state index contributed by atoms with van der Waals surface area (Å²) in [5.41, 5.74) is 9.26. The molecule has 2 aromatic rings. The van der Waals surface area contributed by atoms with E-state index in [4.69, 9.17) is 0 Å². The largest absolute Gasteiger partial charge is 0.357 e. The van der Waals surface area contributed by atoms with Crippen molar-refractivity contribution in [2.45, 2.75) is 25.7 Å². The zero-order valence-electron chi connectivity index (χ0n) is 22.7. The molecule has 10 heteroatoms. The maximum Gasteiger partial charge on any atom is 0.261 e. The third-order valence-electron chi connectivity index (χ3n) is 7.74. The van der Waals surface area contributed by atoms with E-state index in [1.54, 1.807) is 24.3 Å². The van der Waals surface area contributed by atoms with Crippen LogP contribution in [0.25, 0.3) is 10.8 Å². The number of nitrogens with zero attached hydrogens (tertiary/aromatic N) is 2. The predicted octanol–water partition coefficient (Wildman–Crippen LogP) is -2.89. The molecule has 4 rings (SSSR count). The van der Waals surface area contributed by atoms with Gasteiger partial charge in [0, 0.05) is 71.8 Å². The molecule has 204 valence electrons. The summed E-state index contributed by atoms with van der Waals surface area (Å²) >= 11 is 0. The fourth-order valence-electron chi connectivity index (χ4n) is 5.56. The van der Waals surface area contributed by atoms with Gasteiger partial charge in [-0.05, 0) is 24.3 Å². The Morgan fingerprint density at radius 2 is 0.842 bits per heavy atom. The second kappa shape index (κ2) is 12.1. The van der Waals surface area contributed by atoms with Crippen LogP contribution >= 0.6 is 0 Å². The average Bonchev–Trinajstić information content (AvgIpc) is 2.91. The molecule has 0 saturated carbocycles. The molecule has 2 aromatic carbocycles. The van der Waals surface area contributed by atoms with E-state index < -0.39 is 0 Å². The minimum absolute atomic E-state index is 0.334. The highest BCUT2D eigenvalue weighted by molar-refractivity contribution is 6.33. The standard InChI is InChI=1S/C28H38N6O4/c1-31(13-3-11-29)15-5-17-33-25(35)19-7-9-21-24-22(10-8-20(23(19)24)26(33)36)28(38)34(27(21)37)18-6-16-32(2)14-4-12-30/h7-10H,3-6,11-18,29-30H2,1-2H3/p+4. The van der Waals surface area contributed by atoms with Crippen LogP contribution in [0.4, 0.5) is 0 Å². The van der Waals surface area contributed by atoms with Gasteiger partial charge < -0.3 is 21.3 Å². The number of rotatable bonds is 14. The van der Waals surface area contributed by atoms with Gasteiger partial charge in [0.05, 0.1) is 53.4 Å². The van der Waals surface area contributed by atoms with Gasteiger partial charge in [-0.1, -0.05) is 0 Å². The van der Waals surface area contributed by atoms with Gasteiger partial charge in [-0.15, -0.1) is 0 Å². The maximum absolute atomic E-state index is 13.4. The minimum Gasteiger partial charge on any atom is -0.357 e. The lowest BCUT2D eigenvalue weighted by atomic mass is 9.86. The Morgan fingerprint density at radius 3 is 1.13 bits per heavy atom. The van der Waals surface area contributed by atoms with Crippen molar-refractivity contribution in [2.24, 2.45) is 0 Å². The summed E-state index contributed by atoms with van der Waals surface area (Å²) in [4.78, 5) is 58.9. The summed E-state index contributed by atoms with van der Waals surface area (Å²) in [6.07, 6.45) is 3.48. The average molecular weight is 527 g/mol. The Labute approximate surface area is 223 Å². The Balaban J connectivity index is 1.54. The van der Waals surface area contributed by atoms with E-state index in [0.29, 0.717) is 59.0 Å². The molecule has 2 heterocycles. The van der Waals surface area contributed by atoms with Crippen molar-refractivity contribution < 1.29 is 40.4 Å². The van der Waals surface area contributed by atoms with E-state index in [-0.39, 0.29) is 23.6 Å². The maximum atomic E-state index is 13.4. The zero-order chi connectivity index (χ0) is 27.4. The summed E-state index contributed by atoms with van der Waals surface area (Å²) < 4.78 is 0. The summed E-state index contributed by atoms with van der Waals surface area (Å²) in [5.74, 6) is -1.45. The third kappa shape index (κ3) is 5.35. The number of benzene rings is 2. The Morgan fingerprint density at radius 1 is 0.553 bits per heavy atom. The molecule has 2 aliphatic heterocycles. The van der Waals surface area contributed by atoms with Gasteiger partial charge >= 0.3 is 0 Å². The lowest BCUT2D eigenvalue weighted by Crippen LogP contribution is -3.09. The van der Waals surface area contributed by atoms with Crippen molar-refractivity contribution >= 4 is 34.4 Å². The van der Waals surface area contributed by atoms with E-state index in [9.17, 15) is 19.2 Å². The molecule has 0 aromatic heterocycles. The molecule has 0 spiro atoms. The van der Waals surface area contributed by atoms with Crippen LogP contribution in [0, 0.1) is 0 Å². The highest BCUT2D eigenvalue weighted by Crippen LogP contribution is 2.37. The van der Waals surface area contributed by atoms with Crippen molar-refractivity contribution in [3.8, 4) is 0 Å². The van der Waals surface area contributed by atoms with Crippen molar-refractivity contribution in [1.82, 2.24) is 9.80 Å². The van der Waals surface area contributed by atoms with Crippen LogP contribution in [0.3, 0.4) is 0 Å². The van der Waals surface area contributed by atoms with E-state index >= 15 is 0 Å². The van der Waals surface area contributed by atoms with Gasteiger partial charge in [-0.2, -0.15) is 0 Å². The molecule has 8 N–H and O–H groups in total. The lowest BCUT2D eigenvalue weighted by Gasteiger charge is -2.32. The fourth-order valence-corrected chi connectivity index (χ4v) is 5.56. The summed E-state index contributed by atoms with van der Waals surface area (Å²) in [5, 5.41) is 0.867. The molecular weight excluding hydrogens is 484 g/mol. The first kappa shape index (κ1) is 27.8. The molecular formula is C28H42N6O4+4. The van der Waals surface area contributed by atoms with Gasteiger partial charge in [0.2, 0.25) is 0 Å². The Hall–Kier alpha value is -3.18. The Kier molecular flexibility index (Phi) is 8.88. The number of carbonyl (C=O) groups is 4. The SMILES string of the molecule is C[NH+](CCC[NH3+])CCCN1C(=O)c2ccc3c4c(ccc(c24)C1=O)C(=O)N(CCC[NH+](C)CCC[NH3+])C3=O. The van der Waals surface area contributed by atoms with Crippen LogP contribution in [0.1, 0.15) is 67.1 Å². The van der Waals surface area contributed by atoms with Crippen molar-refractivity contribution in [2.75, 3.05) is 66.5 Å². The number of nitrogens with one attached hydrogen (secondary N) is 2. The van der Waals surface area contributed by atoms with E-state index in [2.05, 4.69) is 25.6 Å². The normalized spacial score (nSPS) is 16.5. The molecule has 0 bridgehead atoms. The van der Waals surface area contributed by atoms with Crippen molar-refractivity contribution in [3.05, 3.63) is 46.5 Å². The van der Waals surface area contributed by atoms with Crippen molar-refractivity contribution in [3.63, 3.8) is 0 Å². The molecule has 0 saturated heterocycles. The second-order valence-electron chi connectivity index (χ2n) is 10.6. The zero-order valence-corrected chi connectivity index (χ0v) is 22.7. The molecule has 2 aliphatic rings. The summed E-state index contributed by atoms with van der Waals surface area (Å²) in [6.45, 7) is 6.17. The van der Waals surface area contributed by atoms with Crippen LogP contribution < -0.4 is 21.3 Å². The van der Waals surface area contributed by atoms with Gasteiger partial charge in [-0.25, -0.2) is 0 Å². The smallest absolute Gasteiger partial charge is 0.261 e. The van der Waals surface area contributed by atoms with Gasteiger partial charge in [0.15, 0.2) is 0 Å². The molecule has 0 radical (unpaired) electrons. The number of hydrogen-bond acceptors (Lipinski definition) is 4. The molecule has 0 aliphatic carbocycles. The Bertz CT molecular complexity index is 1080. The first-order valence-corrected chi connectivity index (χ1v) is 13.8. The first-order valence-electron chi connectivity index (χ1n) is 13.8. The predicted molar refractivity (Wildman–Crippen MR) is 142 cm³/mol. The highest BCUT2D eigenvalue weighted by Gasteiger charge is 2.39. The lowest BCUT2D eigenvalue weighted by molar-refractivity contribution is -0.880. The number of quaternary nitrogens is 4. The number of imide groups is 2. The van der Waals surface area contributed by atoms with E-state index in [0.717, 1.165) is 52.1 Å². The minimum atomic E-state index is -0.364. The van der Waals surface area contributed by atoms with Crippen LogP contribution in [0.2, 0.25) is 0 Å². The topological polar surface area (TPSA) is 139 Å². The van der Waals surface area contributed by atoms with Crippen molar-refractivity contribution in [1.29, 1.82) is 0 Å². The first-order chi connectivity index (χ1) is 18.3. The van der Waals surface area contributed by atoms with Crippen LogP contribution in [0.5, 0.6) is 0 Å². The van der Waals surface area contributed by atoms with Gasteiger partial charge in [0.25, 0.3) is 23.6 Å². The molecule has 2 unspecified atom stereocenters. The quantitative estimate of drug-likeness (QED) is 0.196. The number of amides is 4. The summed E-state index contributed by atoms with van der Waals surface area (Å²) in [6, 6.07) is 6.56. The fraction of sp³-hybridized carbons (Fsp3) is 0.500. The number of hydrogen-bond donors (Lipinski definition) is 4.